The van der Waals surface area contributed by atoms with Crippen LogP contribution in [0.3, 0.4) is 0 Å². The van der Waals surface area contributed by atoms with Crippen LogP contribution in [0.5, 0.6) is 0 Å². The summed E-state index contributed by atoms with van der Waals surface area (Å²) in [7, 11) is 4.67. The molecule has 4 nitrogen and oxygen atoms in total. The maximum absolute atomic E-state index is 14.0. The average Bonchev–Trinajstić information content (AvgIpc) is 3.64. The molecule has 6 heteroatoms. The van der Waals surface area contributed by atoms with Gasteiger partial charge in [-0.15, -0.1) is 22.7 Å². The third kappa shape index (κ3) is 4.37. The van der Waals surface area contributed by atoms with E-state index in [0.717, 1.165) is 36.7 Å². The van der Waals surface area contributed by atoms with E-state index in [1.807, 2.05) is 22.9 Å². The van der Waals surface area contributed by atoms with Gasteiger partial charge in [0.15, 0.2) is 0 Å². The number of nitrogens with zero attached hydrogens (tertiary/aromatic N) is 1. The number of hydrogen-bond acceptors (Lipinski definition) is 5. The molecule has 34 heavy (non-hydrogen) atoms. The van der Waals surface area contributed by atoms with Gasteiger partial charge in [-0.25, -0.2) is 0 Å². The summed E-state index contributed by atoms with van der Waals surface area (Å²) in [6.45, 7) is 1.10. The van der Waals surface area contributed by atoms with Crippen molar-refractivity contribution in [3.8, 4) is 0 Å². The van der Waals surface area contributed by atoms with Gasteiger partial charge in [-0.1, -0.05) is 42.5 Å². The molecule has 0 aliphatic heterocycles. The fourth-order valence-corrected chi connectivity index (χ4v) is 8.15. The van der Waals surface area contributed by atoms with E-state index in [2.05, 4.69) is 44.4 Å². The lowest BCUT2D eigenvalue weighted by Gasteiger charge is -2.40. The van der Waals surface area contributed by atoms with Crippen molar-refractivity contribution in [2.24, 2.45) is 11.8 Å². The van der Waals surface area contributed by atoms with E-state index in [4.69, 9.17) is 4.74 Å². The second-order valence-corrected chi connectivity index (χ2v) is 12.3. The number of fused-ring (bicyclic) bond motifs is 2. The summed E-state index contributed by atoms with van der Waals surface area (Å²) in [5, 5.41) is 17.7. The number of aryl methyl sites for hydroxylation is 1. The first-order valence-corrected chi connectivity index (χ1v) is 14.0. The van der Waals surface area contributed by atoms with Crippen molar-refractivity contribution in [2.75, 3.05) is 20.6 Å². The molecular formula is C28H33NO3S2. The van der Waals surface area contributed by atoms with Gasteiger partial charge in [-0.3, -0.25) is 4.79 Å². The van der Waals surface area contributed by atoms with Gasteiger partial charge in [0.2, 0.25) is 0 Å². The standard InChI is InChI=1S/C28H33NO3S2/c1-29(2,16-6-11-20-9-4-3-5-10-20)26-21-14-15-22(26)23(19-21)32-27(30)28(31,24-12-7-17-33-24)25-13-8-18-34-25/h3-5,7-10,12-13,17-18,21-23,26H,6,11,14-16,19H2,1-2H3/t21?,22-,23-,26?/m1/s1. The molecule has 0 radical (unpaired) electrons. The van der Waals surface area contributed by atoms with Crippen molar-refractivity contribution in [1.82, 2.24) is 0 Å². The lowest BCUT2D eigenvalue weighted by molar-refractivity contribution is -0.919. The van der Waals surface area contributed by atoms with Crippen LogP contribution in [0.25, 0.3) is 0 Å². The lowest BCUT2D eigenvalue weighted by atomic mass is 9.96. The zero-order chi connectivity index (χ0) is 23.8. The summed E-state index contributed by atoms with van der Waals surface area (Å²) in [5.74, 6) is 0.249. The average molecular weight is 496 g/mol. The van der Waals surface area contributed by atoms with Crippen molar-refractivity contribution in [1.29, 1.82) is 0 Å². The number of esters is 1. The second kappa shape index (κ2) is 9.57. The van der Waals surface area contributed by atoms with Crippen molar-refractivity contribution in [3.05, 3.63) is 80.7 Å². The molecule has 2 aliphatic carbocycles. The second-order valence-electron chi connectivity index (χ2n) is 10.4. The molecule has 2 heterocycles. The molecule has 0 N–H and O–H groups in total. The highest BCUT2D eigenvalue weighted by atomic mass is 32.1. The summed E-state index contributed by atoms with van der Waals surface area (Å²) in [6.07, 6.45) is 5.23. The third-order valence-electron chi connectivity index (χ3n) is 7.94. The minimum absolute atomic E-state index is 0.156. The summed E-state index contributed by atoms with van der Waals surface area (Å²) in [5.41, 5.74) is -0.586. The van der Waals surface area contributed by atoms with Gasteiger partial charge in [-0.2, -0.15) is 0 Å². The fourth-order valence-electron chi connectivity index (χ4n) is 6.44. The van der Waals surface area contributed by atoms with E-state index >= 15 is 0 Å². The molecule has 1 aromatic carbocycles. The minimum Gasteiger partial charge on any atom is -0.833 e. The van der Waals surface area contributed by atoms with E-state index in [1.54, 1.807) is 12.1 Å². The minimum atomic E-state index is -1.97. The van der Waals surface area contributed by atoms with Crippen LogP contribution in [0.15, 0.2) is 65.4 Å². The van der Waals surface area contributed by atoms with Crippen molar-refractivity contribution in [2.45, 2.75) is 49.9 Å². The normalized spacial score (nSPS) is 24.4. The molecule has 2 saturated carbocycles. The highest BCUT2D eigenvalue weighted by molar-refractivity contribution is 7.12. The highest BCUT2D eigenvalue weighted by Gasteiger charge is 2.57. The van der Waals surface area contributed by atoms with Crippen LogP contribution < -0.4 is 5.11 Å². The van der Waals surface area contributed by atoms with E-state index in [-0.39, 0.29) is 6.10 Å². The smallest absolute Gasteiger partial charge is 0.306 e. The Hall–Kier alpha value is -1.99. The third-order valence-corrected chi connectivity index (χ3v) is 9.88. The SMILES string of the molecule is C[N+](C)(CCCc1ccccc1)C1C2CC[C@@H]1[C@H](OC(=O)C([O-])(c1cccs1)c1cccs1)C2. The number of carbonyl (C=O) groups is 1. The van der Waals surface area contributed by atoms with Gasteiger partial charge < -0.3 is 14.3 Å². The molecule has 0 saturated heterocycles. The number of carbonyl (C=O) groups excluding carboxylic acids is 1. The number of ether oxygens (including phenoxy) is 1. The highest BCUT2D eigenvalue weighted by Crippen LogP contribution is 2.51. The number of thiophene rings is 2. The Morgan fingerprint density at radius 2 is 1.71 bits per heavy atom. The molecule has 2 fully saturated rings. The number of quaternary nitrogens is 1. The Kier molecular flexibility index (Phi) is 6.68. The van der Waals surface area contributed by atoms with Crippen LogP contribution in [0.4, 0.5) is 0 Å². The Balaban J connectivity index is 1.27. The first-order valence-electron chi connectivity index (χ1n) is 12.3. The van der Waals surface area contributed by atoms with Crippen LogP contribution >= 0.6 is 22.7 Å². The summed E-state index contributed by atoms with van der Waals surface area (Å²) in [6, 6.07) is 18.3. The van der Waals surface area contributed by atoms with E-state index in [1.165, 1.54) is 34.7 Å². The van der Waals surface area contributed by atoms with Crippen LogP contribution in [0.1, 0.15) is 41.0 Å². The van der Waals surface area contributed by atoms with E-state index < -0.39 is 11.6 Å². The Labute approximate surface area is 210 Å². The molecule has 0 amide bonds. The van der Waals surface area contributed by atoms with Crippen LogP contribution in [0.2, 0.25) is 0 Å². The quantitative estimate of drug-likeness (QED) is 0.316. The summed E-state index contributed by atoms with van der Waals surface area (Å²) in [4.78, 5) is 14.5. The van der Waals surface area contributed by atoms with E-state index in [0.29, 0.717) is 27.6 Å². The van der Waals surface area contributed by atoms with Crippen LogP contribution in [-0.2, 0) is 21.6 Å². The fraction of sp³-hybridized carbons (Fsp3) is 0.464. The van der Waals surface area contributed by atoms with E-state index in [9.17, 15) is 9.90 Å². The molecule has 2 bridgehead atoms. The van der Waals surface area contributed by atoms with Gasteiger partial charge >= 0.3 is 5.97 Å². The van der Waals surface area contributed by atoms with Crippen LogP contribution in [0, 0.1) is 11.8 Å². The molecule has 2 unspecified atom stereocenters. The zero-order valence-electron chi connectivity index (χ0n) is 19.9. The predicted octanol–water partition coefficient (Wildman–Crippen LogP) is 4.83. The van der Waals surface area contributed by atoms with Crippen LogP contribution in [-0.4, -0.2) is 43.2 Å². The molecule has 3 aromatic rings. The Morgan fingerprint density at radius 3 is 2.32 bits per heavy atom. The first kappa shape index (κ1) is 23.7. The largest absolute Gasteiger partial charge is 0.833 e. The Morgan fingerprint density at radius 1 is 1.03 bits per heavy atom. The molecule has 2 aromatic heterocycles. The van der Waals surface area contributed by atoms with Gasteiger partial charge in [-0.05, 0) is 54.1 Å². The maximum Gasteiger partial charge on any atom is 0.306 e. The maximum atomic E-state index is 14.0. The number of benzene rings is 1. The van der Waals surface area contributed by atoms with Gasteiger partial charge in [0.1, 0.15) is 6.10 Å². The zero-order valence-corrected chi connectivity index (χ0v) is 21.5. The topological polar surface area (TPSA) is 49.4 Å². The summed E-state index contributed by atoms with van der Waals surface area (Å²) >= 11 is 2.66. The Bertz CT molecular complexity index is 1040. The molecule has 2 aliphatic rings. The first-order chi connectivity index (χ1) is 16.4. The van der Waals surface area contributed by atoms with Gasteiger partial charge in [0, 0.05) is 28.0 Å². The van der Waals surface area contributed by atoms with Crippen molar-refractivity contribution >= 4 is 28.6 Å². The lowest BCUT2D eigenvalue weighted by Crippen LogP contribution is -2.53. The molecule has 0 spiro atoms. The van der Waals surface area contributed by atoms with Gasteiger partial charge in [0.25, 0.3) is 0 Å². The predicted molar refractivity (Wildman–Crippen MR) is 136 cm³/mol. The molecule has 180 valence electrons. The molecular weight excluding hydrogens is 462 g/mol. The monoisotopic (exact) mass is 495 g/mol. The number of hydrogen-bond donors (Lipinski definition) is 0. The van der Waals surface area contributed by atoms with Gasteiger partial charge in [0.05, 0.1) is 32.3 Å². The summed E-state index contributed by atoms with van der Waals surface area (Å²) < 4.78 is 7.06. The van der Waals surface area contributed by atoms with Crippen molar-refractivity contribution < 1.29 is 19.1 Å². The number of rotatable bonds is 9. The van der Waals surface area contributed by atoms with Crippen molar-refractivity contribution in [3.63, 3.8) is 0 Å². The molecule has 4 atom stereocenters. The molecule has 5 rings (SSSR count).